The van der Waals surface area contributed by atoms with E-state index in [2.05, 4.69) is 20.3 Å². The summed E-state index contributed by atoms with van der Waals surface area (Å²) in [6.45, 7) is 2.74. The normalized spacial score (nSPS) is 16.3. The summed E-state index contributed by atoms with van der Waals surface area (Å²) in [6.07, 6.45) is 7.04. The smallest absolute Gasteiger partial charge is 0.314 e. The molecule has 0 saturated carbocycles. The van der Waals surface area contributed by atoms with Gasteiger partial charge < -0.3 is 10.2 Å². The number of aryl methyl sites for hydroxylation is 1. The largest absolute Gasteiger partial charge is 0.322 e. The highest BCUT2D eigenvalue weighted by molar-refractivity contribution is 5.90. The first-order valence-corrected chi connectivity index (χ1v) is 9.09. The van der Waals surface area contributed by atoms with Crippen molar-refractivity contribution in [1.82, 2.24) is 19.9 Å². The molecule has 27 heavy (non-hydrogen) atoms. The van der Waals surface area contributed by atoms with Crippen LogP contribution in [-0.4, -0.2) is 32.4 Å². The maximum absolute atomic E-state index is 12.9. The SMILES string of the molecule is Cc1ccc(NC(=O)N2CCC[C@H]2c2ncccn2)cc1-c1ccccn1. The molecule has 0 spiro atoms. The van der Waals surface area contributed by atoms with E-state index >= 15 is 0 Å². The fourth-order valence-corrected chi connectivity index (χ4v) is 3.45. The van der Waals surface area contributed by atoms with E-state index < -0.39 is 0 Å². The van der Waals surface area contributed by atoms with E-state index in [1.807, 2.05) is 48.2 Å². The van der Waals surface area contributed by atoms with Gasteiger partial charge in [0.2, 0.25) is 0 Å². The predicted molar refractivity (Wildman–Crippen MR) is 104 cm³/mol. The lowest BCUT2D eigenvalue weighted by molar-refractivity contribution is 0.205. The molecule has 1 aliphatic heterocycles. The number of carbonyl (C=O) groups excluding carboxylic acids is 1. The van der Waals surface area contributed by atoms with Crippen LogP contribution in [0, 0.1) is 6.92 Å². The Kier molecular flexibility index (Phi) is 4.78. The van der Waals surface area contributed by atoms with Crippen LogP contribution in [0.1, 0.15) is 30.3 Å². The maximum Gasteiger partial charge on any atom is 0.322 e. The van der Waals surface area contributed by atoms with Gasteiger partial charge >= 0.3 is 6.03 Å². The number of rotatable bonds is 3. The Bertz CT molecular complexity index is 930. The molecule has 1 N–H and O–H groups in total. The molecule has 0 aliphatic carbocycles. The van der Waals surface area contributed by atoms with Crippen molar-refractivity contribution in [2.45, 2.75) is 25.8 Å². The van der Waals surface area contributed by atoms with Crippen molar-refractivity contribution in [1.29, 1.82) is 0 Å². The number of hydrogen-bond donors (Lipinski definition) is 1. The first-order chi connectivity index (χ1) is 13.2. The summed E-state index contributed by atoms with van der Waals surface area (Å²) in [5, 5.41) is 3.02. The molecule has 3 aromatic rings. The van der Waals surface area contributed by atoms with Crippen LogP contribution in [0.5, 0.6) is 0 Å². The van der Waals surface area contributed by atoms with Crippen molar-refractivity contribution < 1.29 is 4.79 Å². The summed E-state index contributed by atoms with van der Waals surface area (Å²) >= 11 is 0. The van der Waals surface area contributed by atoms with Crippen molar-refractivity contribution in [3.05, 3.63) is 72.4 Å². The molecule has 136 valence electrons. The molecule has 6 nitrogen and oxygen atoms in total. The highest BCUT2D eigenvalue weighted by Gasteiger charge is 2.31. The van der Waals surface area contributed by atoms with Crippen molar-refractivity contribution in [2.75, 3.05) is 11.9 Å². The Morgan fingerprint density at radius 1 is 1.07 bits per heavy atom. The van der Waals surface area contributed by atoms with E-state index in [0.29, 0.717) is 12.4 Å². The topological polar surface area (TPSA) is 71.0 Å². The minimum Gasteiger partial charge on any atom is -0.314 e. The molecule has 2 amide bonds. The number of hydrogen-bond acceptors (Lipinski definition) is 4. The van der Waals surface area contributed by atoms with Gasteiger partial charge in [-0.25, -0.2) is 14.8 Å². The first-order valence-electron chi connectivity index (χ1n) is 9.09. The Hall–Kier alpha value is -3.28. The monoisotopic (exact) mass is 359 g/mol. The van der Waals surface area contributed by atoms with Gasteiger partial charge in [0.05, 0.1) is 11.7 Å². The lowest BCUT2D eigenvalue weighted by Gasteiger charge is -2.24. The van der Waals surface area contributed by atoms with Crippen LogP contribution >= 0.6 is 0 Å². The summed E-state index contributed by atoms with van der Waals surface area (Å²) in [7, 11) is 0. The summed E-state index contributed by atoms with van der Waals surface area (Å²) < 4.78 is 0. The van der Waals surface area contributed by atoms with Gasteiger partial charge in [-0.3, -0.25) is 4.98 Å². The predicted octanol–water partition coefficient (Wildman–Crippen LogP) is 4.22. The first kappa shape index (κ1) is 17.1. The van der Waals surface area contributed by atoms with E-state index in [-0.39, 0.29) is 12.1 Å². The second-order valence-electron chi connectivity index (χ2n) is 6.63. The van der Waals surface area contributed by atoms with Crippen LogP contribution in [0.4, 0.5) is 10.5 Å². The molecule has 0 bridgehead atoms. The molecule has 0 unspecified atom stereocenters. The molecule has 1 aromatic carbocycles. The van der Waals surface area contributed by atoms with Crippen LogP contribution in [0.2, 0.25) is 0 Å². The third kappa shape index (κ3) is 3.65. The van der Waals surface area contributed by atoms with Crippen molar-refractivity contribution in [3.8, 4) is 11.3 Å². The number of likely N-dealkylation sites (tertiary alicyclic amines) is 1. The molecule has 1 aliphatic rings. The highest BCUT2D eigenvalue weighted by Crippen LogP contribution is 2.31. The summed E-state index contributed by atoms with van der Waals surface area (Å²) in [4.78, 5) is 27.8. The van der Waals surface area contributed by atoms with Crippen LogP contribution in [-0.2, 0) is 0 Å². The average molecular weight is 359 g/mol. The minimum absolute atomic E-state index is 0.0769. The van der Waals surface area contributed by atoms with Gasteiger partial charge in [-0.05, 0) is 55.7 Å². The molecular formula is C21H21N5O. The van der Waals surface area contributed by atoms with E-state index in [9.17, 15) is 4.79 Å². The van der Waals surface area contributed by atoms with Crippen LogP contribution in [0.3, 0.4) is 0 Å². The van der Waals surface area contributed by atoms with Gasteiger partial charge in [0.15, 0.2) is 5.82 Å². The van der Waals surface area contributed by atoms with Crippen LogP contribution in [0.25, 0.3) is 11.3 Å². The summed E-state index contributed by atoms with van der Waals surface area (Å²) in [5.74, 6) is 0.697. The molecular weight excluding hydrogens is 338 g/mol. The number of pyridine rings is 1. The number of benzene rings is 1. The average Bonchev–Trinajstić information content (AvgIpc) is 3.21. The van der Waals surface area contributed by atoms with Gasteiger partial charge in [-0.2, -0.15) is 0 Å². The van der Waals surface area contributed by atoms with Crippen LogP contribution in [0.15, 0.2) is 61.1 Å². The van der Waals surface area contributed by atoms with Crippen molar-refractivity contribution >= 4 is 11.7 Å². The van der Waals surface area contributed by atoms with Gasteiger partial charge in [-0.1, -0.05) is 12.1 Å². The number of anilines is 1. The lowest BCUT2D eigenvalue weighted by atomic mass is 10.0. The van der Waals surface area contributed by atoms with Crippen LogP contribution < -0.4 is 5.32 Å². The van der Waals surface area contributed by atoms with Gasteiger partial charge in [-0.15, -0.1) is 0 Å². The number of nitrogens with zero attached hydrogens (tertiary/aromatic N) is 4. The minimum atomic E-state index is -0.124. The second-order valence-corrected chi connectivity index (χ2v) is 6.63. The molecule has 1 fully saturated rings. The molecule has 3 heterocycles. The van der Waals surface area contributed by atoms with Crippen molar-refractivity contribution in [3.63, 3.8) is 0 Å². The Morgan fingerprint density at radius 2 is 1.89 bits per heavy atom. The fraction of sp³-hybridized carbons (Fsp3) is 0.238. The zero-order chi connectivity index (χ0) is 18.6. The molecule has 0 radical (unpaired) electrons. The zero-order valence-electron chi connectivity index (χ0n) is 15.2. The molecule has 6 heteroatoms. The molecule has 2 aromatic heterocycles. The summed E-state index contributed by atoms with van der Waals surface area (Å²) in [5.41, 5.74) is 3.77. The number of amides is 2. The van der Waals surface area contributed by atoms with Crippen molar-refractivity contribution in [2.24, 2.45) is 0 Å². The molecule has 4 rings (SSSR count). The molecule has 1 atom stereocenters. The van der Waals surface area contributed by atoms with E-state index in [4.69, 9.17) is 0 Å². The van der Waals surface area contributed by atoms with Gasteiger partial charge in [0, 0.05) is 36.4 Å². The molecule has 1 saturated heterocycles. The number of aromatic nitrogens is 3. The Balaban J connectivity index is 1.55. The third-order valence-corrected chi connectivity index (χ3v) is 4.83. The lowest BCUT2D eigenvalue weighted by Crippen LogP contribution is -2.35. The second kappa shape index (κ2) is 7.53. The zero-order valence-corrected chi connectivity index (χ0v) is 15.2. The van der Waals surface area contributed by atoms with E-state index in [1.165, 1.54) is 0 Å². The Morgan fingerprint density at radius 3 is 2.67 bits per heavy atom. The third-order valence-electron chi connectivity index (χ3n) is 4.83. The number of urea groups is 1. The number of carbonyl (C=O) groups is 1. The maximum atomic E-state index is 12.9. The fourth-order valence-electron chi connectivity index (χ4n) is 3.45. The van der Waals surface area contributed by atoms with Gasteiger partial charge in [0.1, 0.15) is 0 Å². The van der Waals surface area contributed by atoms with E-state index in [0.717, 1.165) is 35.3 Å². The Labute approximate surface area is 158 Å². The quantitative estimate of drug-likeness (QED) is 0.760. The standard InChI is InChI=1S/C21H21N5O/c1-15-8-9-16(14-17(15)18-6-2-3-10-22-18)25-21(27)26-13-4-7-19(26)20-23-11-5-12-24-20/h2-3,5-6,8-12,14,19H,4,7,13H2,1H3,(H,25,27)/t19-/m0/s1. The van der Waals surface area contributed by atoms with E-state index in [1.54, 1.807) is 24.7 Å². The summed E-state index contributed by atoms with van der Waals surface area (Å²) in [6, 6.07) is 13.3. The van der Waals surface area contributed by atoms with Gasteiger partial charge in [0.25, 0.3) is 0 Å². The number of nitrogens with one attached hydrogen (secondary N) is 1. The highest BCUT2D eigenvalue weighted by atomic mass is 16.2.